The van der Waals surface area contributed by atoms with Gasteiger partial charge >= 0.3 is 5.97 Å². The molecule has 1 fully saturated rings. The SMILES string of the molecule is CCOC(=O)Cc1c(N)nc(C2CC2)[nH]c1=O. The van der Waals surface area contributed by atoms with Crippen molar-refractivity contribution in [3.63, 3.8) is 0 Å². The second kappa shape index (κ2) is 4.57. The van der Waals surface area contributed by atoms with E-state index in [9.17, 15) is 9.59 Å². The number of hydrogen-bond acceptors (Lipinski definition) is 5. The van der Waals surface area contributed by atoms with Crippen molar-refractivity contribution in [2.45, 2.75) is 32.1 Å². The smallest absolute Gasteiger partial charge is 0.310 e. The van der Waals surface area contributed by atoms with Crippen LogP contribution >= 0.6 is 0 Å². The highest BCUT2D eigenvalue weighted by Crippen LogP contribution is 2.37. The van der Waals surface area contributed by atoms with Crippen LogP contribution < -0.4 is 11.3 Å². The molecule has 1 saturated carbocycles. The van der Waals surface area contributed by atoms with Crippen LogP contribution in [0.1, 0.15) is 37.1 Å². The van der Waals surface area contributed by atoms with Crippen molar-refractivity contribution < 1.29 is 9.53 Å². The molecule has 0 amide bonds. The number of nitrogens with two attached hydrogens (primary N) is 1. The average molecular weight is 237 g/mol. The molecule has 2 rings (SSSR count). The zero-order chi connectivity index (χ0) is 12.4. The van der Waals surface area contributed by atoms with E-state index in [0.717, 1.165) is 12.8 Å². The fourth-order valence-electron chi connectivity index (χ4n) is 1.61. The summed E-state index contributed by atoms with van der Waals surface area (Å²) in [5, 5.41) is 0. The van der Waals surface area contributed by atoms with Gasteiger partial charge in [0, 0.05) is 5.92 Å². The van der Waals surface area contributed by atoms with Crippen LogP contribution in [0.15, 0.2) is 4.79 Å². The highest BCUT2D eigenvalue weighted by molar-refractivity contribution is 5.74. The number of nitrogens with zero attached hydrogens (tertiary/aromatic N) is 1. The van der Waals surface area contributed by atoms with Crippen LogP contribution in [0.25, 0.3) is 0 Å². The molecule has 0 aliphatic heterocycles. The maximum Gasteiger partial charge on any atom is 0.310 e. The zero-order valence-corrected chi connectivity index (χ0v) is 9.66. The van der Waals surface area contributed by atoms with Crippen LogP contribution in [0.2, 0.25) is 0 Å². The lowest BCUT2D eigenvalue weighted by Crippen LogP contribution is -2.23. The summed E-state index contributed by atoms with van der Waals surface area (Å²) in [6.07, 6.45) is 1.92. The molecule has 92 valence electrons. The minimum absolute atomic E-state index is 0.128. The summed E-state index contributed by atoms with van der Waals surface area (Å²) >= 11 is 0. The van der Waals surface area contributed by atoms with E-state index in [1.807, 2.05) is 0 Å². The third-order valence-corrected chi connectivity index (χ3v) is 2.66. The van der Waals surface area contributed by atoms with Crippen molar-refractivity contribution in [2.75, 3.05) is 12.3 Å². The van der Waals surface area contributed by atoms with E-state index in [1.165, 1.54) is 0 Å². The van der Waals surface area contributed by atoms with E-state index in [-0.39, 0.29) is 30.0 Å². The number of nitrogens with one attached hydrogen (secondary N) is 1. The van der Waals surface area contributed by atoms with Crippen LogP contribution in [-0.2, 0) is 16.0 Å². The van der Waals surface area contributed by atoms with E-state index < -0.39 is 5.97 Å². The van der Waals surface area contributed by atoms with Gasteiger partial charge in [0.2, 0.25) is 0 Å². The maximum atomic E-state index is 11.7. The van der Waals surface area contributed by atoms with E-state index >= 15 is 0 Å². The summed E-state index contributed by atoms with van der Waals surface area (Å²) in [4.78, 5) is 29.8. The van der Waals surface area contributed by atoms with E-state index in [4.69, 9.17) is 10.5 Å². The molecule has 1 heterocycles. The lowest BCUT2D eigenvalue weighted by molar-refractivity contribution is -0.142. The minimum Gasteiger partial charge on any atom is -0.466 e. The van der Waals surface area contributed by atoms with Crippen molar-refractivity contribution in [2.24, 2.45) is 0 Å². The highest BCUT2D eigenvalue weighted by Gasteiger charge is 2.27. The Balaban J connectivity index is 2.22. The molecule has 0 spiro atoms. The third-order valence-electron chi connectivity index (χ3n) is 2.66. The second-order valence-electron chi connectivity index (χ2n) is 4.07. The first-order valence-corrected chi connectivity index (χ1v) is 5.66. The number of esters is 1. The summed E-state index contributed by atoms with van der Waals surface area (Å²) in [6.45, 7) is 1.99. The first-order valence-electron chi connectivity index (χ1n) is 5.66. The lowest BCUT2D eigenvalue weighted by atomic mass is 10.2. The Morgan fingerprint density at radius 3 is 2.82 bits per heavy atom. The summed E-state index contributed by atoms with van der Waals surface area (Å²) in [7, 11) is 0. The first-order chi connectivity index (χ1) is 8.11. The van der Waals surface area contributed by atoms with Crippen LogP contribution in [-0.4, -0.2) is 22.5 Å². The molecule has 0 unspecified atom stereocenters. The Morgan fingerprint density at radius 1 is 1.59 bits per heavy atom. The van der Waals surface area contributed by atoms with Crippen molar-refractivity contribution in [3.05, 3.63) is 21.7 Å². The van der Waals surface area contributed by atoms with Gasteiger partial charge in [-0.2, -0.15) is 0 Å². The Labute approximate surface area is 98.2 Å². The van der Waals surface area contributed by atoms with Crippen molar-refractivity contribution in [1.82, 2.24) is 9.97 Å². The van der Waals surface area contributed by atoms with Gasteiger partial charge in [-0.05, 0) is 19.8 Å². The van der Waals surface area contributed by atoms with Gasteiger partial charge in [0.1, 0.15) is 11.6 Å². The summed E-state index contributed by atoms with van der Waals surface area (Å²) in [6, 6.07) is 0. The molecule has 1 aromatic rings. The van der Waals surface area contributed by atoms with E-state index in [1.54, 1.807) is 6.92 Å². The van der Waals surface area contributed by atoms with Crippen LogP contribution in [0.4, 0.5) is 5.82 Å². The quantitative estimate of drug-likeness (QED) is 0.735. The molecular weight excluding hydrogens is 222 g/mol. The largest absolute Gasteiger partial charge is 0.466 e. The molecule has 0 atom stereocenters. The molecule has 0 bridgehead atoms. The van der Waals surface area contributed by atoms with E-state index in [2.05, 4.69) is 9.97 Å². The van der Waals surface area contributed by atoms with Crippen molar-refractivity contribution in [1.29, 1.82) is 0 Å². The van der Waals surface area contributed by atoms with Gasteiger partial charge in [-0.3, -0.25) is 9.59 Å². The summed E-state index contributed by atoms with van der Waals surface area (Å²) in [5.41, 5.74) is 5.54. The molecule has 1 aromatic heterocycles. The predicted molar refractivity (Wildman–Crippen MR) is 61.6 cm³/mol. The molecule has 17 heavy (non-hydrogen) atoms. The number of H-pyrrole nitrogens is 1. The number of nitrogen functional groups attached to an aromatic ring is 1. The third kappa shape index (κ3) is 2.64. The molecule has 1 aliphatic rings. The fraction of sp³-hybridized carbons (Fsp3) is 0.545. The molecule has 0 saturated heterocycles. The number of anilines is 1. The molecule has 6 nitrogen and oxygen atoms in total. The Hall–Kier alpha value is -1.85. The Kier molecular flexibility index (Phi) is 3.12. The number of hydrogen-bond donors (Lipinski definition) is 2. The van der Waals surface area contributed by atoms with Crippen molar-refractivity contribution >= 4 is 11.8 Å². The molecule has 0 radical (unpaired) electrons. The number of carbonyl (C=O) groups is 1. The topological polar surface area (TPSA) is 98.1 Å². The number of rotatable bonds is 4. The monoisotopic (exact) mass is 237 g/mol. The molecule has 1 aliphatic carbocycles. The predicted octanol–water partition coefficient (Wildman–Crippen LogP) is 0.335. The van der Waals surface area contributed by atoms with Gasteiger partial charge in [0.05, 0.1) is 18.6 Å². The number of carbonyl (C=O) groups excluding carboxylic acids is 1. The molecule has 6 heteroatoms. The van der Waals surface area contributed by atoms with Crippen LogP contribution in [0.5, 0.6) is 0 Å². The van der Waals surface area contributed by atoms with Gasteiger partial charge in [0.25, 0.3) is 5.56 Å². The second-order valence-corrected chi connectivity index (χ2v) is 4.07. The van der Waals surface area contributed by atoms with Gasteiger partial charge in [-0.25, -0.2) is 4.98 Å². The van der Waals surface area contributed by atoms with Crippen LogP contribution in [0.3, 0.4) is 0 Å². The maximum absolute atomic E-state index is 11.7. The van der Waals surface area contributed by atoms with Gasteiger partial charge < -0.3 is 15.5 Å². The van der Waals surface area contributed by atoms with Gasteiger partial charge in [0.15, 0.2) is 0 Å². The standard InChI is InChI=1S/C11H15N3O3/c1-2-17-8(15)5-7-9(12)13-10(6-3-4-6)14-11(7)16/h6H,2-5H2,1H3,(H3,12,13,14,16). The first kappa shape index (κ1) is 11.6. The fourth-order valence-corrected chi connectivity index (χ4v) is 1.61. The number of aromatic amines is 1. The van der Waals surface area contributed by atoms with Gasteiger partial charge in [-0.1, -0.05) is 0 Å². The average Bonchev–Trinajstić information content (AvgIpc) is 3.07. The van der Waals surface area contributed by atoms with Gasteiger partial charge in [-0.15, -0.1) is 0 Å². The van der Waals surface area contributed by atoms with E-state index in [0.29, 0.717) is 11.7 Å². The Bertz CT molecular complexity index is 491. The molecular formula is C11H15N3O3. The Morgan fingerprint density at radius 2 is 2.29 bits per heavy atom. The molecule has 0 aromatic carbocycles. The zero-order valence-electron chi connectivity index (χ0n) is 9.66. The van der Waals surface area contributed by atoms with Crippen molar-refractivity contribution in [3.8, 4) is 0 Å². The lowest BCUT2D eigenvalue weighted by Gasteiger charge is -2.06. The number of aromatic nitrogens is 2. The normalized spacial score (nSPS) is 14.6. The number of ether oxygens (including phenoxy) is 1. The molecule has 3 N–H and O–H groups in total. The minimum atomic E-state index is -0.467. The highest BCUT2D eigenvalue weighted by atomic mass is 16.5. The van der Waals surface area contributed by atoms with Crippen LogP contribution in [0, 0.1) is 0 Å². The summed E-state index contributed by atoms with van der Waals surface area (Å²) in [5.74, 6) is 0.608. The summed E-state index contributed by atoms with van der Waals surface area (Å²) < 4.78 is 4.77.